The molecule has 4 aromatic rings. The van der Waals surface area contributed by atoms with Crippen LogP contribution in [0.2, 0.25) is 0 Å². The number of carbonyl (C=O) groups excluding carboxylic acids is 2. The maximum absolute atomic E-state index is 13.0. The number of ether oxygens (including phenoxy) is 1. The lowest BCUT2D eigenvalue weighted by molar-refractivity contribution is -0.580. The highest BCUT2D eigenvalue weighted by atomic mass is 16.5. The number of carbonyl (C=O) groups is 2. The molecule has 0 saturated carbocycles. The van der Waals surface area contributed by atoms with Crippen LogP contribution in [0.25, 0.3) is 11.0 Å². The molecule has 7 nitrogen and oxygen atoms in total. The summed E-state index contributed by atoms with van der Waals surface area (Å²) in [6.45, 7) is -0.317. The minimum Gasteiger partial charge on any atom is -0.618 e. The zero-order valence-electron chi connectivity index (χ0n) is 15.2. The highest BCUT2D eigenvalue weighted by Gasteiger charge is 2.28. The normalized spacial score (nSPS) is 10.6. The van der Waals surface area contributed by atoms with Crippen LogP contribution in [-0.4, -0.2) is 21.7 Å². The predicted molar refractivity (Wildman–Crippen MR) is 104 cm³/mol. The molecule has 7 heteroatoms. The summed E-state index contributed by atoms with van der Waals surface area (Å²) < 4.78 is 5.86. The predicted octanol–water partition coefficient (Wildman–Crippen LogP) is 2.85. The van der Waals surface area contributed by atoms with Crippen molar-refractivity contribution in [2.24, 2.45) is 0 Å². The van der Waals surface area contributed by atoms with Crippen molar-refractivity contribution in [3.63, 3.8) is 0 Å². The van der Waals surface area contributed by atoms with Gasteiger partial charge in [-0.2, -0.15) is 4.73 Å². The second-order valence-corrected chi connectivity index (χ2v) is 6.20. The molecule has 0 spiro atoms. The molecule has 2 aromatic heterocycles. The van der Waals surface area contributed by atoms with Gasteiger partial charge in [0.1, 0.15) is 12.1 Å². The third-order valence-corrected chi connectivity index (χ3v) is 4.34. The number of rotatable bonds is 5. The van der Waals surface area contributed by atoms with Gasteiger partial charge in [-0.25, -0.2) is 9.78 Å². The van der Waals surface area contributed by atoms with Gasteiger partial charge in [0.05, 0.1) is 5.56 Å². The molecule has 0 aliphatic heterocycles. The first-order valence-corrected chi connectivity index (χ1v) is 8.83. The number of hydrogen-bond donors (Lipinski definition) is 0. The van der Waals surface area contributed by atoms with Crippen molar-refractivity contribution in [1.82, 2.24) is 9.97 Å². The van der Waals surface area contributed by atoms with E-state index in [1.54, 1.807) is 54.6 Å². The van der Waals surface area contributed by atoms with E-state index in [0.717, 1.165) is 0 Å². The minimum absolute atomic E-state index is 0.0926. The Morgan fingerprint density at radius 2 is 1.59 bits per heavy atom. The third kappa shape index (κ3) is 3.66. The Labute approximate surface area is 165 Å². The van der Waals surface area contributed by atoms with Crippen LogP contribution in [0, 0.1) is 5.21 Å². The molecule has 0 amide bonds. The van der Waals surface area contributed by atoms with Gasteiger partial charge in [-0.3, -0.25) is 9.78 Å². The molecule has 0 aliphatic carbocycles. The Balaban J connectivity index is 1.75. The number of nitrogens with zero attached hydrogens (tertiary/aromatic N) is 3. The van der Waals surface area contributed by atoms with E-state index in [2.05, 4.69) is 9.97 Å². The van der Waals surface area contributed by atoms with Crippen molar-refractivity contribution in [1.29, 1.82) is 0 Å². The Hall–Kier alpha value is -4.13. The zero-order valence-corrected chi connectivity index (χ0v) is 15.2. The molecule has 0 fully saturated rings. The van der Waals surface area contributed by atoms with E-state index >= 15 is 0 Å². The summed E-state index contributed by atoms with van der Waals surface area (Å²) in [6, 6.07) is 18.1. The molecule has 0 atom stereocenters. The van der Waals surface area contributed by atoms with Gasteiger partial charge in [-0.15, -0.1) is 0 Å². The molecule has 2 aromatic carbocycles. The fourth-order valence-electron chi connectivity index (χ4n) is 2.92. The molecule has 0 N–H and O–H groups in total. The van der Waals surface area contributed by atoms with Crippen LogP contribution in [0.4, 0.5) is 0 Å². The van der Waals surface area contributed by atoms with Crippen LogP contribution in [0.5, 0.6) is 0 Å². The number of ketones is 1. The molecule has 4 rings (SSSR count). The van der Waals surface area contributed by atoms with E-state index in [0.29, 0.717) is 21.4 Å². The van der Waals surface area contributed by atoms with Crippen molar-refractivity contribution >= 4 is 22.8 Å². The molecule has 142 valence electrons. The second-order valence-electron chi connectivity index (χ2n) is 6.20. The first kappa shape index (κ1) is 18.2. The lowest BCUT2D eigenvalue weighted by atomic mass is 10.1. The molecule has 0 saturated heterocycles. The maximum Gasteiger partial charge on any atom is 0.338 e. The average molecular weight is 385 g/mol. The summed E-state index contributed by atoms with van der Waals surface area (Å²) in [6.07, 6.45) is 2.95. The molecule has 0 radical (unpaired) electrons. The summed E-state index contributed by atoms with van der Waals surface area (Å²) in [5.41, 5.74) is 1.24. The molecular formula is C22H15N3O4. The SMILES string of the molecule is O=C(OCc1nc2ccccc2[n+]([O-])c1C(=O)c1ccccc1)c1ccncc1. The first-order chi connectivity index (χ1) is 14.1. The van der Waals surface area contributed by atoms with E-state index < -0.39 is 11.8 Å². The Bertz CT molecular complexity index is 1190. The van der Waals surface area contributed by atoms with Gasteiger partial charge in [0.2, 0.25) is 5.52 Å². The Morgan fingerprint density at radius 1 is 0.897 bits per heavy atom. The lowest BCUT2D eigenvalue weighted by Gasteiger charge is -2.12. The summed E-state index contributed by atoms with van der Waals surface area (Å²) in [7, 11) is 0. The number of hydrogen-bond acceptors (Lipinski definition) is 6. The molecule has 0 aliphatic rings. The van der Waals surface area contributed by atoms with Crippen LogP contribution >= 0.6 is 0 Å². The van der Waals surface area contributed by atoms with Crippen molar-refractivity contribution in [2.45, 2.75) is 6.61 Å². The average Bonchev–Trinajstić information content (AvgIpc) is 2.78. The van der Waals surface area contributed by atoms with Crippen LogP contribution in [0.1, 0.15) is 32.1 Å². The van der Waals surface area contributed by atoms with Gasteiger partial charge in [-0.05, 0) is 18.2 Å². The van der Waals surface area contributed by atoms with E-state index in [1.165, 1.54) is 24.5 Å². The van der Waals surface area contributed by atoms with Crippen molar-refractivity contribution < 1.29 is 19.1 Å². The summed E-state index contributed by atoms with van der Waals surface area (Å²) >= 11 is 0. The third-order valence-electron chi connectivity index (χ3n) is 4.34. The standard InChI is InChI=1S/C22H15N3O4/c26-21(15-6-2-1-3-7-15)20-18(14-29-22(27)16-10-12-23-13-11-16)24-17-8-4-5-9-19(17)25(20)28/h1-13H,14H2. The first-order valence-electron chi connectivity index (χ1n) is 8.83. The summed E-state index contributed by atoms with van der Waals surface area (Å²) in [4.78, 5) is 33.6. The molecule has 0 bridgehead atoms. The molecular weight excluding hydrogens is 370 g/mol. The van der Waals surface area contributed by atoms with Gasteiger partial charge in [0.25, 0.3) is 11.5 Å². The van der Waals surface area contributed by atoms with Crippen molar-refractivity contribution in [3.8, 4) is 0 Å². The largest absolute Gasteiger partial charge is 0.618 e. The van der Waals surface area contributed by atoms with Gasteiger partial charge in [0, 0.05) is 24.0 Å². The van der Waals surface area contributed by atoms with Gasteiger partial charge < -0.3 is 9.94 Å². The highest BCUT2D eigenvalue weighted by molar-refractivity contribution is 6.07. The van der Waals surface area contributed by atoms with Crippen LogP contribution in [0.3, 0.4) is 0 Å². The van der Waals surface area contributed by atoms with Gasteiger partial charge in [0.15, 0.2) is 5.69 Å². The van der Waals surface area contributed by atoms with Gasteiger partial charge in [-0.1, -0.05) is 42.5 Å². The lowest BCUT2D eigenvalue weighted by Crippen LogP contribution is -2.38. The fraction of sp³-hybridized carbons (Fsp3) is 0.0455. The fourth-order valence-corrected chi connectivity index (χ4v) is 2.92. The number of fused-ring (bicyclic) bond motifs is 1. The van der Waals surface area contributed by atoms with Crippen LogP contribution in [-0.2, 0) is 11.3 Å². The molecule has 0 unspecified atom stereocenters. The smallest absolute Gasteiger partial charge is 0.338 e. The molecule has 29 heavy (non-hydrogen) atoms. The van der Waals surface area contributed by atoms with Gasteiger partial charge >= 0.3 is 5.97 Å². The summed E-state index contributed by atoms with van der Waals surface area (Å²) in [5.74, 6) is -1.09. The maximum atomic E-state index is 13.0. The number of benzene rings is 2. The van der Waals surface area contributed by atoms with Crippen molar-refractivity contribution in [3.05, 3.63) is 107 Å². The van der Waals surface area contributed by atoms with E-state index in [4.69, 9.17) is 4.74 Å². The number of pyridine rings is 1. The van der Waals surface area contributed by atoms with Crippen LogP contribution < -0.4 is 4.73 Å². The quantitative estimate of drug-likeness (QED) is 0.227. The zero-order chi connectivity index (χ0) is 20.2. The van der Waals surface area contributed by atoms with Crippen molar-refractivity contribution in [2.75, 3.05) is 0 Å². The monoisotopic (exact) mass is 385 g/mol. The van der Waals surface area contributed by atoms with E-state index in [-0.39, 0.29) is 23.5 Å². The summed E-state index contributed by atoms with van der Waals surface area (Å²) in [5, 5.41) is 13.0. The topological polar surface area (TPSA) is 96.1 Å². The van der Waals surface area contributed by atoms with E-state index in [1.807, 2.05) is 0 Å². The number of aromatic nitrogens is 3. The number of para-hydroxylation sites is 2. The number of esters is 1. The second kappa shape index (κ2) is 7.85. The Morgan fingerprint density at radius 3 is 2.34 bits per heavy atom. The Kier molecular flexibility index (Phi) is 4.94. The molecule has 2 heterocycles. The van der Waals surface area contributed by atoms with E-state index in [9.17, 15) is 14.8 Å². The minimum atomic E-state index is -0.599. The highest BCUT2D eigenvalue weighted by Crippen LogP contribution is 2.16. The van der Waals surface area contributed by atoms with Crippen LogP contribution in [0.15, 0.2) is 79.1 Å².